The second kappa shape index (κ2) is 8.34. The Morgan fingerprint density at radius 1 is 0.969 bits per heavy atom. The second-order valence-corrected chi connectivity index (χ2v) is 7.95. The van der Waals surface area contributed by atoms with E-state index >= 15 is 0 Å². The minimum absolute atomic E-state index is 0.0854. The maximum Gasteiger partial charge on any atom is 0.410 e. The Bertz CT molecular complexity index is 1100. The van der Waals surface area contributed by atoms with E-state index in [-0.39, 0.29) is 25.5 Å². The first-order chi connectivity index (χ1) is 15.6. The van der Waals surface area contributed by atoms with E-state index in [9.17, 15) is 14.7 Å². The van der Waals surface area contributed by atoms with Crippen LogP contribution in [-0.4, -0.2) is 52.4 Å². The number of hydrogen-bond acceptors (Lipinski definition) is 5. The van der Waals surface area contributed by atoms with Crippen molar-refractivity contribution in [3.05, 3.63) is 84.1 Å². The molecular formula is C25H22N2O5. The van der Waals surface area contributed by atoms with E-state index in [1.54, 1.807) is 24.4 Å². The highest BCUT2D eigenvalue weighted by molar-refractivity contribution is 5.81. The molecule has 5 rings (SSSR count). The number of rotatable bonds is 5. The molecule has 2 aromatic carbocycles. The van der Waals surface area contributed by atoms with Crippen LogP contribution in [0.2, 0.25) is 0 Å². The molecule has 1 N–H and O–H groups in total. The Balaban J connectivity index is 1.30. The quantitative estimate of drug-likeness (QED) is 0.660. The zero-order valence-electron chi connectivity index (χ0n) is 17.3. The molecule has 0 spiro atoms. The number of hydrogen-bond donors (Lipinski definition) is 1. The van der Waals surface area contributed by atoms with E-state index in [0.29, 0.717) is 5.88 Å². The number of amides is 1. The highest BCUT2D eigenvalue weighted by atomic mass is 16.6. The van der Waals surface area contributed by atoms with Gasteiger partial charge in [-0.3, -0.25) is 4.90 Å². The van der Waals surface area contributed by atoms with E-state index in [1.165, 1.54) is 4.90 Å². The molecule has 0 radical (unpaired) electrons. The highest BCUT2D eigenvalue weighted by Gasteiger charge is 2.42. The van der Waals surface area contributed by atoms with Gasteiger partial charge in [-0.15, -0.1) is 0 Å². The van der Waals surface area contributed by atoms with Crippen molar-refractivity contribution in [1.29, 1.82) is 0 Å². The number of carboxylic acids is 1. The largest absolute Gasteiger partial charge is 0.480 e. The van der Waals surface area contributed by atoms with Crippen LogP contribution in [0.3, 0.4) is 0 Å². The predicted octanol–water partition coefficient (Wildman–Crippen LogP) is 3.94. The van der Waals surface area contributed by atoms with Crippen LogP contribution in [0, 0.1) is 0 Å². The van der Waals surface area contributed by atoms with E-state index in [0.717, 1.165) is 22.3 Å². The average Bonchev–Trinajstić information content (AvgIpc) is 3.38. The van der Waals surface area contributed by atoms with E-state index in [2.05, 4.69) is 17.1 Å². The molecule has 162 valence electrons. The van der Waals surface area contributed by atoms with Crippen LogP contribution in [0.1, 0.15) is 23.5 Å². The third-order valence-corrected chi connectivity index (χ3v) is 6.04. The van der Waals surface area contributed by atoms with Gasteiger partial charge in [-0.05, 0) is 28.3 Å². The summed E-state index contributed by atoms with van der Waals surface area (Å²) in [6.45, 7) is 0.270. The first kappa shape index (κ1) is 20.1. The lowest BCUT2D eigenvalue weighted by Gasteiger charge is -2.22. The Morgan fingerprint density at radius 3 is 2.25 bits per heavy atom. The molecule has 7 nitrogen and oxygen atoms in total. The second-order valence-electron chi connectivity index (χ2n) is 7.95. The average molecular weight is 430 g/mol. The van der Waals surface area contributed by atoms with Crippen LogP contribution in [0.4, 0.5) is 4.79 Å². The number of likely N-dealkylation sites (tertiary alicyclic amines) is 1. The molecule has 7 heteroatoms. The minimum atomic E-state index is -1.08. The number of aromatic nitrogens is 1. The van der Waals surface area contributed by atoms with Crippen LogP contribution in [0.25, 0.3) is 11.1 Å². The Labute approximate surface area is 185 Å². The topological polar surface area (TPSA) is 89.0 Å². The molecule has 1 amide bonds. The van der Waals surface area contributed by atoms with Gasteiger partial charge in [-0.25, -0.2) is 14.6 Å². The molecular weight excluding hydrogens is 408 g/mol. The first-order valence-electron chi connectivity index (χ1n) is 10.5. The van der Waals surface area contributed by atoms with Gasteiger partial charge in [-0.1, -0.05) is 54.6 Å². The summed E-state index contributed by atoms with van der Waals surface area (Å²) in [5.74, 6) is -0.764. The molecule has 1 fully saturated rings. The van der Waals surface area contributed by atoms with E-state index in [4.69, 9.17) is 9.47 Å². The molecule has 32 heavy (non-hydrogen) atoms. The molecule has 2 aliphatic rings. The van der Waals surface area contributed by atoms with Gasteiger partial charge >= 0.3 is 12.1 Å². The highest BCUT2D eigenvalue weighted by Crippen LogP contribution is 2.44. The number of nitrogens with zero attached hydrogens (tertiary/aromatic N) is 2. The number of ether oxygens (including phenoxy) is 2. The summed E-state index contributed by atoms with van der Waals surface area (Å²) in [4.78, 5) is 30.0. The van der Waals surface area contributed by atoms with Crippen LogP contribution in [0.5, 0.6) is 5.88 Å². The minimum Gasteiger partial charge on any atom is -0.480 e. The molecule has 1 saturated heterocycles. The number of carbonyl (C=O) groups excluding carboxylic acids is 1. The number of carbonyl (C=O) groups is 2. The zero-order chi connectivity index (χ0) is 22.1. The van der Waals surface area contributed by atoms with Crippen molar-refractivity contribution in [2.24, 2.45) is 0 Å². The van der Waals surface area contributed by atoms with Gasteiger partial charge in [0.25, 0.3) is 0 Å². The van der Waals surface area contributed by atoms with Crippen molar-refractivity contribution in [1.82, 2.24) is 9.88 Å². The lowest BCUT2D eigenvalue weighted by molar-refractivity contribution is -0.141. The predicted molar refractivity (Wildman–Crippen MR) is 116 cm³/mol. The summed E-state index contributed by atoms with van der Waals surface area (Å²) >= 11 is 0. The molecule has 1 aromatic heterocycles. The SMILES string of the molecule is O=C(O)[C@@H]1C[C@@H](Oc2ccccn2)CN1C(=O)OCC1c2ccccc2-c2ccccc21. The molecule has 0 bridgehead atoms. The van der Waals surface area contributed by atoms with E-state index in [1.807, 2.05) is 36.4 Å². The third-order valence-electron chi connectivity index (χ3n) is 6.04. The maximum atomic E-state index is 12.9. The lowest BCUT2D eigenvalue weighted by atomic mass is 9.98. The Kier molecular flexibility index (Phi) is 5.23. The van der Waals surface area contributed by atoms with Gasteiger partial charge in [0.05, 0.1) is 6.54 Å². The summed E-state index contributed by atoms with van der Waals surface area (Å²) in [7, 11) is 0. The maximum absolute atomic E-state index is 12.9. The summed E-state index contributed by atoms with van der Waals surface area (Å²) in [5, 5.41) is 9.64. The smallest absolute Gasteiger partial charge is 0.410 e. The molecule has 1 aliphatic heterocycles. The van der Waals surface area contributed by atoms with Gasteiger partial charge < -0.3 is 14.6 Å². The Morgan fingerprint density at radius 2 is 1.62 bits per heavy atom. The fourth-order valence-electron chi connectivity index (χ4n) is 4.58. The summed E-state index contributed by atoms with van der Waals surface area (Å²) in [5.41, 5.74) is 4.48. The number of carboxylic acid groups (broad SMARTS) is 1. The van der Waals surface area contributed by atoms with Crippen molar-refractivity contribution in [2.75, 3.05) is 13.2 Å². The number of aliphatic carboxylic acids is 1. The summed E-state index contributed by atoms with van der Waals surface area (Å²) in [6, 6.07) is 20.4. The van der Waals surface area contributed by atoms with Gasteiger partial charge in [0.2, 0.25) is 5.88 Å². The fraction of sp³-hybridized carbons (Fsp3) is 0.240. The van der Waals surface area contributed by atoms with Crippen molar-refractivity contribution in [3.63, 3.8) is 0 Å². The Hall–Kier alpha value is -3.87. The molecule has 1 aliphatic carbocycles. The molecule has 0 unspecified atom stereocenters. The summed E-state index contributed by atoms with van der Waals surface area (Å²) in [6.07, 6.45) is 0.663. The van der Waals surface area contributed by atoms with Crippen molar-refractivity contribution in [3.8, 4) is 17.0 Å². The standard InChI is InChI=1S/C25H22N2O5/c28-24(29)22-13-16(32-23-11-5-6-12-26-23)14-27(22)25(30)31-15-21-19-9-3-1-7-17(19)18-8-2-4-10-20(18)21/h1-12,16,21-22H,13-15H2,(H,28,29)/t16-,22+/m1/s1. The molecule has 3 aromatic rings. The van der Waals surface area contributed by atoms with Crippen molar-refractivity contribution in [2.45, 2.75) is 24.5 Å². The van der Waals surface area contributed by atoms with Gasteiger partial charge in [0.1, 0.15) is 18.8 Å². The number of fused-ring (bicyclic) bond motifs is 3. The van der Waals surface area contributed by atoms with Crippen LogP contribution in [-0.2, 0) is 9.53 Å². The van der Waals surface area contributed by atoms with Crippen LogP contribution >= 0.6 is 0 Å². The summed E-state index contributed by atoms with van der Waals surface area (Å²) < 4.78 is 11.4. The molecule has 0 saturated carbocycles. The number of benzene rings is 2. The fourth-order valence-corrected chi connectivity index (χ4v) is 4.58. The normalized spacial score (nSPS) is 19.3. The van der Waals surface area contributed by atoms with Crippen LogP contribution in [0.15, 0.2) is 72.9 Å². The monoisotopic (exact) mass is 430 g/mol. The zero-order valence-corrected chi connectivity index (χ0v) is 17.3. The molecule has 2 heterocycles. The van der Waals surface area contributed by atoms with E-state index < -0.39 is 24.2 Å². The third kappa shape index (κ3) is 3.66. The number of pyridine rings is 1. The molecule has 2 atom stereocenters. The van der Waals surface area contributed by atoms with Gasteiger partial charge in [-0.2, -0.15) is 0 Å². The van der Waals surface area contributed by atoms with Gasteiger partial charge in [0, 0.05) is 24.6 Å². The lowest BCUT2D eigenvalue weighted by Crippen LogP contribution is -2.41. The first-order valence-corrected chi connectivity index (χ1v) is 10.5. The van der Waals surface area contributed by atoms with Gasteiger partial charge in [0.15, 0.2) is 0 Å². The van der Waals surface area contributed by atoms with Crippen molar-refractivity contribution < 1.29 is 24.2 Å². The van der Waals surface area contributed by atoms with Crippen LogP contribution < -0.4 is 4.74 Å². The van der Waals surface area contributed by atoms with Crippen molar-refractivity contribution >= 4 is 12.1 Å².